The second-order valence-electron chi connectivity index (χ2n) is 8.84. The Balaban J connectivity index is 1.40. The van der Waals surface area contributed by atoms with Gasteiger partial charge in [-0.05, 0) is 48.2 Å². The zero-order chi connectivity index (χ0) is 22.8. The van der Waals surface area contributed by atoms with Crippen LogP contribution in [-0.4, -0.2) is 47.4 Å². The van der Waals surface area contributed by atoms with Crippen molar-refractivity contribution in [2.75, 3.05) is 20.8 Å². The Morgan fingerprint density at radius 2 is 1.82 bits per heavy atom. The highest BCUT2D eigenvalue weighted by atomic mass is 16.5. The molecule has 1 fully saturated rings. The molecule has 5 rings (SSSR count). The number of fused-ring (bicyclic) bond motifs is 1. The van der Waals surface area contributed by atoms with Gasteiger partial charge in [0.2, 0.25) is 0 Å². The van der Waals surface area contributed by atoms with E-state index < -0.39 is 0 Å². The van der Waals surface area contributed by atoms with Crippen LogP contribution in [0, 0.1) is 0 Å². The Kier molecular flexibility index (Phi) is 6.05. The van der Waals surface area contributed by atoms with E-state index in [0.717, 1.165) is 60.7 Å². The lowest BCUT2D eigenvalue weighted by molar-refractivity contribution is 0.0943. The molecule has 1 saturated carbocycles. The van der Waals surface area contributed by atoms with Crippen LogP contribution in [0.15, 0.2) is 48.5 Å². The molecule has 2 heterocycles. The molecular weight excluding hydrogens is 416 g/mol. The Morgan fingerprint density at radius 3 is 2.55 bits per heavy atom. The van der Waals surface area contributed by atoms with E-state index in [1.165, 1.54) is 5.56 Å². The first kappa shape index (κ1) is 21.5. The van der Waals surface area contributed by atoms with Crippen molar-refractivity contribution in [2.45, 2.75) is 44.9 Å². The molecule has 3 aromatic rings. The number of amides is 1. The predicted molar refractivity (Wildman–Crippen MR) is 126 cm³/mol. The molecule has 2 aromatic carbocycles. The Hall–Kier alpha value is -3.32. The Labute approximate surface area is 194 Å². The maximum Gasteiger partial charge on any atom is 0.272 e. The monoisotopic (exact) mass is 446 g/mol. The normalized spacial score (nSPS) is 15.7. The number of rotatable bonds is 8. The lowest BCUT2D eigenvalue weighted by Gasteiger charge is -2.28. The summed E-state index contributed by atoms with van der Waals surface area (Å²) in [6.07, 6.45) is 2.98. The number of methoxy groups -OCH3 is 2. The molecule has 1 aliphatic heterocycles. The molecule has 0 spiro atoms. The smallest absolute Gasteiger partial charge is 0.272 e. The van der Waals surface area contributed by atoms with Gasteiger partial charge in [-0.3, -0.25) is 14.4 Å². The average Bonchev–Trinajstić information content (AvgIpc) is 3.59. The molecule has 7 heteroatoms. The topological polar surface area (TPSA) is 68.6 Å². The number of hydrogen-bond acceptors (Lipinski definition) is 5. The highest BCUT2D eigenvalue weighted by Gasteiger charge is 2.31. The molecule has 0 unspecified atom stereocenters. The molecule has 1 amide bonds. The number of carbonyl (C=O) groups excluding carboxylic acids is 1. The molecule has 2 aliphatic rings. The van der Waals surface area contributed by atoms with Gasteiger partial charge in [0.1, 0.15) is 11.5 Å². The second kappa shape index (κ2) is 9.27. The predicted octanol–water partition coefficient (Wildman–Crippen LogP) is 3.40. The van der Waals surface area contributed by atoms with Gasteiger partial charge in [-0.2, -0.15) is 5.10 Å². The van der Waals surface area contributed by atoms with E-state index in [2.05, 4.69) is 28.4 Å². The lowest BCUT2D eigenvalue weighted by Crippen LogP contribution is -2.32. The van der Waals surface area contributed by atoms with E-state index >= 15 is 0 Å². The van der Waals surface area contributed by atoms with Gasteiger partial charge in [-0.1, -0.05) is 24.3 Å². The van der Waals surface area contributed by atoms with Gasteiger partial charge in [-0.25, -0.2) is 0 Å². The SMILES string of the molecule is COc1ccc(CN2CCc3c(c(C(=O)NC4CC4)nn3Cc3cccc(OC)c3)C2)cc1. The highest BCUT2D eigenvalue weighted by Crippen LogP contribution is 2.27. The summed E-state index contributed by atoms with van der Waals surface area (Å²) in [5.74, 6) is 1.63. The van der Waals surface area contributed by atoms with Gasteiger partial charge in [0.25, 0.3) is 5.91 Å². The fraction of sp³-hybridized carbons (Fsp3) is 0.385. The van der Waals surface area contributed by atoms with Crippen LogP contribution < -0.4 is 14.8 Å². The minimum absolute atomic E-state index is 0.0514. The average molecular weight is 447 g/mol. The summed E-state index contributed by atoms with van der Waals surface area (Å²) in [5, 5.41) is 7.93. The first-order valence-electron chi connectivity index (χ1n) is 11.5. The molecule has 0 atom stereocenters. The Bertz CT molecular complexity index is 1130. The van der Waals surface area contributed by atoms with Crippen LogP contribution >= 0.6 is 0 Å². The maximum absolute atomic E-state index is 13.0. The van der Waals surface area contributed by atoms with Gasteiger partial charge < -0.3 is 14.8 Å². The molecule has 1 N–H and O–H groups in total. The maximum atomic E-state index is 13.0. The number of carbonyl (C=O) groups is 1. The first-order valence-corrected chi connectivity index (χ1v) is 11.5. The molecule has 1 aromatic heterocycles. The number of ether oxygens (including phenoxy) is 2. The van der Waals surface area contributed by atoms with Crippen molar-refractivity contribution >= 4 is 5.91 Å². The summed E-state index contributed by atoms with van der Waals surface area (Å²) >= 11 is 0. The summed E-state index contributed by atoms with van der Waals surface area (Å²) in [4.78, 5) is 15.4. The third kappa shape index (κ3) is 4.88. The van der Waals surface area contributed by atoms with E-state index in [9.17, 15) is 4.79 Å². The van der Waals surface area contributed by atoms with Crippen molar-refractivity contribution in [3.05, 3.63) is 76.6 Å². The van der Waals surface area contributed by atoms with Crippen molar-refractivity contribution < 1.29 is 14.3 Å². The van der Waals surface area contributed by atoms with Crippen molar-refractivity contribution in [2.24, 2.45) is 0 Å². The second-order valence-corrected chi connectivity index (χ2v) is 8.84. The number of benzene rings is 2. The van der Waals surface area contributed by atoms with Crippen LogP contribution in [0.5, 0.6) is 11.5 Å². The third-order valence-corrected chi connectivity index (χ3v) is 6.37. The van der Waals surface area contributed by atoms with Gasteiger partial charge in [-0.15, -0.1) is 0 Å². The standard InChI is InChI=1S/C26H30N4O3/c1-32-21-10-6-18(7-11-21)15-29-13-12-24-23(17-29)25(26(31)27-20-8-9-20)28-30(24)16-19-4-3-5-22(14-19)33-2/h3-7,10-11,14,20H,8-9,12-13,15-17H2,1-2H3,(H,27,31). The van der Waals surface area contributed by atoms with Crippen LogP contribution in [0.2, 0.25) is 0 Å². The molecule has 172 valence electrons. The summed E-state index contributed by atoms with van der Waals surface area (Å²) in [6.45, 7) is 3.09. The van der Waals surface area contributed by atoms with Crippen LogP contribution in [0.3, 0.4) is 0 Å². The van der Waals surface area contributed by atoms with E-state index in [0.29, 0.717) is 24.8 Å². The van der Waals surface area contributed by atoms with E-state index in [1.807, 2.05) is 35.0 Å². The summed E-state index contributed by atoms with van der Waals surface area (Å²) < 4.78 is 12.7. The number of nitrogens with zero attached hydrogens (tertiary/aromatic N) is 3. The summed E-state index contributed by atoms with van der Waals surface area (Å²) in [6, 6.07) is 16.5. The van der Waals surface area contributed by atoms with Crippen molar-refractivity contribution in [3.8, 4) is 11.5 Å². The molecular formula is C26H30N4O3. The Morgan fingerprint density at radius 1 is 1.03 bits per heavy atom. The van der Waals surface area contributed by atoms with E-state index in [4.69, 9.17) is 14.6 Å². The quantitative estimate of drug-likeness (QED) is 0.574. The fourth-order valence-electron chi connectivity index (χ4n) is 4.41. The van der Waals surface area contributed by atoms with Crippen molar-refractivity contribution in [1.29, 1.82) is 0 Å². The van der Waals surface area contributed by atoms with Gasteiger partial charge >= 0.3 is 0 Å². The highest BCUT2D eigenvalue weighted by molar-refractivity contribution is 5.94. The van der Waals surface area contributed by atoms with Gasteiger partial charge in [0.05, 0.1) is 20.8 Å². The van der Waals surface area contributed by atoms with Crippen LogP contribution in [0.4, 0.5) is 0 Å². The zero-order valence-corrected chi connectivity index (χ0v) is 19.2. The molecule has 0 radical (unpaired) electrons. The summed E-state index contributed by atoms with van der Waals surface area (Å²) in [7, 11) is 3.35. The lowest BCUT2D eigenvalue weighted by atomic mass is 10.0. The van der Waals surface area contributed by atoms with E-state index in [-0.39, 0.29) is 5.91 Å². The van der Waals surface area contributed by atoms with Crippen molar-refractivity contribution in [3.63, 3.8) is 0 Å². The van der Waals surface area contributed by atoms with Gasteiger partial charge in [0, 0.05) is 43.4 Å². The zero-order valence-electron chi connectivity index (χ0n) is 19.2. The van der Waals surface area contributed by atoms with Crippen molar-refractivity contribution in [1.82, 2.24) is 20.0 Å². The number of nitrogens with one attached hydrogen (secondary N) is 1. The molecule has 0 saturated heterocycles. The van der Waals surface area contributed by atoms with Crippen LogP contribution in [-0.2, 0) is 26.1 Å². The molecule has 7 nitrogen and oxygen atoms in total. The van der Waals surface area contributed by atoms with Crippen LogP contribution in [0.1, 0.15) is 45.7 Å². The third-order valence-electron chi connectivity index (χ3n) is 6.37. The van der Waals surface area contributed by atoms with E-state index in [1.54, 1.807) is 14.2 Å². The molecule has 33 heavy (non-hydrogen) atoms. The molecule has 1 aliphatic carbocycles. The minimum Gasteiger partial charge on any atom is -0.497 e. The largest absolute Gasteiger partial charge is 0.497 e. The minimum atomic E-state index is -0.0514. The first-order chi connectivity index (χ1) is 16.1. The summed E-state index contributed by atoms with van der Waals surface area (Å²) in [5.41, 5.74) is 5.11. The van der Waals surface area contributed by atoms with Gasteiger partial charge in [0.15, 0.2) is 5.69 Å². The molecule has 0 bridgehead atoms. The van der Waals surface area contributed by atoms with Crippen LogP contribution in [0.25, 0.3) is 0 Å². The number of hydrogen-bond donors (Lipinski definition) is 1. The number of aromatic nitrogens is 2. The fourth-order valence-corrected chi connectivity index (χ4v) is 4.41.